The lowest BCUT2D eigenvalue weighted by molar-refractivity contribution is -0.139. The fraction of sp³-hybridized carbons (Fsp3) is 0.526. The van der Waals surface area contributed by atoms with Gasteiger partial charge < -0.3 is 9.47 Å². The summed E-state index contributed by atoms with van der Waals surface area (Å²) >= 11 is 0. The Morgan fingerprint density at radius 1 is 1.19 bits per heavy atom. The summed E-state index contributed by atoms with van der Waals surface area (Å²) in [4.78, 5) is 16.0. The molecular formula is C19H24F3N3O6S. The predicted molar refractivity (Wildman–Crippen MR) is 107 cm³/mol. The van der Waals surface area contributed by atoms with Crippen LogP contribution in [-0.2, 0) is 37.4 Å². The summed E-state index contributed by atoms with van der Waals surface area (Å²) < 4.78 is 80.5. The molecule has 0 amide bonds. The molecule has 32 heavy (non-hydrogen) atoms. The van der Waals surface area contributed by atoms with Crippen molar-refractivity contribution in [1.82, 2.24) is 14.8 Å². The van der Waals surface area contributed by atoms with Crippen molar-refractivity contribution in [3.05, 3.63) is 34.8 Å². The molecule has 0 aromatic carbocycles. The van der Waals surface area contributed by atoms with Gasteiger partial charge in [0.1, 0.15) is 5.56 Å². The Hall–Kier alpha value is -2.67. The van der Waals surface area contributed by atoms with Crippen LogP contribution in [0.25, 0.3) is 0 Å². The van der Waals surface area contributed by atoms with E-state index in [9.17, 15) is 26.4 Å². The highest BCUT2D eigenvalue weighted by Crippen LogP contribution is 2.42. The second-order valence-corrected chi connectivity index (χ2v) is 9.46. The molecule has 0 atom stereocenters. The monoisotopic (exact) mass is 479 g/mol. The zero-order valence-corrected chi connectivity index (χ0v) is 19.2. The second kappa shape index (κ2) is 9.06. The lowest BCUT2D eigenvalue weighted by Crippen LogP contribution is -2.24. The van der Waals surface area contributed by atoms with Crippen LogP contribution in [0, 0.1) is 6.92 Å². The van der Waals surface area contributed by atoms with E-state index in [1.165, 1.54) is 11.6 Å². The van der Waals surface area contributed by atoms with Gasteiger partial charge in [0, 0.05) is 17.3 Å². The Labute approximate surface area is 183 Å². The maximum absolute atomic E-state index is 13.9. The van der Waals surface area contributed by atoms with E-state index < -0.39 is 51.3 Å². The summed E-state index contributed by atoms with van der Waals surface area (Å²) in [6.45, 7) is 7.44. The van der Waals surface area contributed by atoms with Gasteiger partial charge in [-0.05, 0) is 34.6 Å². The molecule has 0 unspecified atom stereocenters. The molecule has 0 N–H and O–H groups in total. The van der Waals surface area contributed by atoms with Crippen molar-refractivity contribution in [2.24, 2.45) is 0 Å². The molecule has 0 saturated carbocycles. The second-order valence-electron chi connectivity index (χ2n) is 7.82. The number of rotatable bonds is 7. The van der Waals surface area contributed by atoms with Crippen LogP contribution in [0.5, 0.6) is 11.6 Å². The normalized spacial score (nSPS) is 12.7. The summed E-state index contributed by atoms with van der Waals surface area (Å²) in [5.74, 6) is -1.56. The Balaban J connectivity index is 2.65. The summed E-state index contributed by atoms with van der Waals surface area (Å²) in [5.41, 5.74) is -2.49. The molecule has 2 aromatic heterocycles. The molecule has 0 bridgehead atoms. The van der Waals surface area contributed by atoms with Crippen molar-refractivity contribution in [2.45, 2.75) is 52.9 Å². The Morgan fingerprint density at radius 2 is 1.81 bits per heavy atom. The lowest BCUT2D eigenvalue weighted by atomic mass is 10.1. The summed E-state index contributed by atoms with van der Waals surface area (Å²) in [6, 6.07) is 0. The average molecular weight is 479 g/mol. The zero-order chi connectivity index (χ0) is 24.5. The van der Waals surface area contributed by atoms with E-state index in [0.29, 0.717) is 0 Å². The number of halogens is 3. The molecule has 13 heteroatoms. The highest BCUT2D eigenvalue weighted by atomic mass is 32.2. The predicted octanol–water partition coefficient (Wildman–Crippen LogP) is 3.81. The molecule has 0 saturated heterocycles. The van der Waals surface area contributed by atoms with Gasteiger partial charge in [-0.3, -0.25) is 9.17 Å². The van der Waals surface area contributed by atoms with Crippen molar-refractivity contribution in [1.29, 1.82) is 0 Å². The number of hydrogen-bond acceptors (Lipinski definition) is 8. The molecule has 0 aliphatic heterocycles. The van der Waals surface area contributed by atoms with Crippen LogP contribution in [0.15, 0.2) is 12.4 Å². The Kier molecular flexibility index (Phi) is 7.24. The van der Waals surface area contributed by atoms with Gasteiger partial charge in [-0.15, -0.1) is 0 Å². The van der Waals surface area contributed by atoms with E-state index in [1.54, 1.807) is 27.7 Å². The maximum Gasteiger partial charge on any atom is 0.420 e. The van der Waals surface area contributed by atoms with Gasteiger partial charge in [0.15, 0.2) is 11.4 Å². The molecule has 2 aromatic rings. The molecule has 9 nitrogen and oxygen atoms in total. The van der Waals surface area contributed by atoms with Crippen molar-refractivity contribution in [3.63, 3.8) is 0 Å². The van der Waals surface area contributed by atoms with Crippen LogP contribution >= 0.6 is 0 Å². The fourth-order valence-electron chi connectivity index (χ4n) is 2.71. The molecule has 0 fully saturated rings. The largest absolute Gasteiger partial charge is 0.461 e. The Bertz CT molecular complexity index is 1100. The third-order valence-corrected chi connectivity index (χ3v) is 4.63. The standard InChI is InChI=1S/C19H24F3N3O6S/c1-7-29-17(26)15-11(2)16(25(24-15)18(3,4)5)31-13-9-23-8-12(10-30-32(6,27)28)14(13)19(20,21)22/h8-9H,7,10H2,1-6H3. The van der Waals surface area contributed by atoms with E-state index in [0.717, 1.165) is 18.6 Å². The van der Waals surface area contributed by atoms with Crippen molar-refractivity contribution < 1.29 is 40.0 Å². The molecule has 0 aliphatic carbocycles. The third kappa shape index (κ3) is 5.97. The van der Waals surface area contributed by atoms with Crippen molar-refractivity contribution in [3.8, 4) is 11.6 Å². The number of esters is 1. The number of hydrogen-bond donors (Lipinski definition) is 0. The highest BCUT2D eigenvalue weighted by Gasteiger charge is 2.39. The van der Waals surface area contributed by atoms with Gasteiger partial charge in [-0.2, -0.15) is 26.7 Å². The van der Waals surface area contributed by atoms with Gasteiger partial charge in [-0.1, -0.05) is 0 Å². The number of ether oxygens (including phenoxy) is 2. The van der Waals surface area contributed by atoms with Crippen molar-refractivity contribution in [2.75, 3.05) is 12.9 Å². The van der Waals surface area contributed by atoms with Gasteiger partial charge in [0.25, 0.3) is 10.1 Å². The first kappa shape index (κ1) is 25.6. The number of carbonyl (C=O) groups excluding carboxylic acids is 1. The molecule has 178 valence electrons. The van der Waals surface area contributed by atoms with E-state index in [4.69, 9.17) is 9.47 Å². The van der Waals surface area contributed by atoms with E-state index in [-0.39, 0.29) is 23.7 Å². The smallest absolute Gasteiger partial charge is 0.420 e. The van der Waals surface area contributed by atoms with E-state index in [1.807, 2.05) is 0 Å². The summed E-state index contributed by atoms with van der Waals surface area (Å²) in [5, 5.41) is 4.19. The molecule has 2 heterocycles. The van der Waals surface area contributed by atoms with Crippen LogP contribution in [0.3, 0.4) is 0 Å². The van der Waals surface area contributed by atoms with Crippen LogP contribution in [-0.4, -0.2) is 42.0 Å². The summed E-state index contributed by atoms with van der Waals surface area (Å²) in [6.07, 6.45) is -2.51. The molecular weight excluding hydrogens is 455 g/mol. The lowest BCUT2D eigenvalue weighted by Gasteiger charge is -2.23. The zero-order valence-electron chi connectivity index (χ0n) is 18.4. The first-order valence-electron chi connectivity index (χ1n) is 9.39. The van der Waals surface area contributed by atoms with Gasteiger partial charge in [-0.25, -0.2) is 9.48 Å². The minimum Gasteiger partial charge on any atom is -0.461 e. The van der Waals surface area contributed by atoms with Gasteiger partial charge in [0.2, 0.25) is 5.88 Å². The number of alkyl halides is 3. The van der Waals surface area contributed by atoms with Crippen LogP contribution in [0.1, 0.15) is 54.9 Å². The first-order valence-corrected chi connectivity index (χ1v) is 11.2. The first-order chi connectivity index (χ1) is 14.6. The molecule has 0 radical (unpaired) electrons. The molecule has 2 rings (SSSR count). The third-order valence-electron chi connectivity index (χ3n) is 4.08. The minimum atomic E-state index is -4.92. The van der Waals surface area contributed by atoms with Gasteiger partial charge in [0.05, 0.1) is 31.2 Å². The number of carbonyl (C=O) groups is 1. The maximum atomic E-state index is 13.9. The molecule has 0 spiro atoms. The molecule has 0 aliphatic rings. The number of nitrogens with zero attached hydrogens (tertiary/aromatic N) is 3. The van der Waals surface area contributed by atoms with E-state index in [2.05, 4.69) is 14.3 Å². The average Bonchev–Trinajstić information content (AvgIpc) is 2.95. The quantitative estimate of drug-likeness (QED) is 0.436. The topological polar surface area (TPSA) is 110 Å². The van der Waals surface area contributed by atoms with E-state index >= 15 is 0 Å². The summed E-state index contributed by atoms with van der Waals surface area (Å²) in [7, 11) is -4.00. The van der Waals surface area contributed by atoms with Crippen LogP contribution in [0.4, 0.5) is 13.2 Å². The van der Waals surface area contributed by atoms with Crippen molar-refractivity contribution >= 4 is 16.1 Å². The van der Waals surface area contributed by atoms with Crippen LogP contribution < -0.4 is 4.74 Å². The highest BCUT2D eigenvalue weighted by molar-refractivity contribution is 7.85. The SMILES string of the molecule is CCOC(=O)c1nn(C(C)(C)C)c(Oc2cncc(COS(C)(=O)=O)c2C(F)(F)F)c1C. The number of pyridine rings is 1. The fourth-order valence-corrected chi connectivity index (χ4v) is 3.05. The minimum absolute atomic E-state index is 0.0847. The van der Waals surface area contributed by atoms with Gasteiger partial charge >= 0.3 is 12.1 Å². The Morgan fingerprint density at radius 3 is 2.31 bits per heavy atom. The number of aromatic nitrogens is 3. The van der Waals surface area contributed by atoms with Crippen LogP contribution in [0.2, 0.25) is 0 Å².